The summed E-state index contributed by atoms with van der Waals surface area (Å²) in [5, 5.41) is 15.0. The summed E-state index contributed by atoms with van der Waals surface area (Å²) in [5.41, 5.74) is 0. The van der Waals surface area contributed by atoms with E-state index in [4.69, 9.17) is 15.0 Å². The van der Waals surface area contributed by atoms with Crippen LogP contribution in [0, 0.1) is 0 Å². The van der Waals surface area contributed by atoms with Crippen LogP contribution in [-0.4, -0.2) is 23.3 Å². The normalized spacial score (nSPS) is 7.67. The van der Waals surface area contributed by atoms with Crippen LogP contribution in [0.5, 0.6) is 0 Å². The Hall–Kier alpha value is -1.09. The van der Waals surface area contributed by atoms with Crippen molar-refractivity contribution in [1.82, 2.24) is 0 Å². The lowest BCUT2D eigenvalue weighted by Gasteiger charge is -1.68. The fourth-order valence-electron chi connectivity index (χ4n) is 0.157. The van der Waals surface area contributed by atoms with Crippen LogP contribution in [0.3, 0.4) is 0 Å². The number of allylic oxidation sites excluding steroid dienone is 2. The van der Waals surface area contributed by atoms with Crippen molar-refractivity contribution in [2.75, 3.05) is 6.61 Å². The first-order valence-electron chi connectivity index (χ1n) is 2.29. The number of aliphatic hydroxyl groups is 1. The Kier molecular flexibility index (Phi) is 19.0. The standard InChI is InChI=1S/C5H8O.CH2O2/c1-2-3-4-5-6;2-1-3/h2-4,6H,1,5H2;1H,(H,2,3). The third-order valence-corrected chi connectivity index (χ3v) is 0.378. The second kappa shape index (κ2) is 15.8. The Bertz CT molecular complexity index is 86.3. The minimum atomic E-state index is -0.250. The van der Waals surface area contributed by atoms with Crippen molar-refractivity contribution in [1.29, 1.82) is 0 Å². The van der Waals surface area contributed by atoms with E-state index in [1.54, 1.807) is 18.2 Å². The van der Waals surface area contributed by atoms with Gasteiger partial charge < -0.3 is 10.2 Å². The van der Waals surface area contributed by atoms with Gasteiger partial charge in [-0.25, -0.2) is 0 Å². The smallest absolute Gasteiger partial charge is 0.290 e. The van der Waals surface area contributed by atoms with Crippen LogP contribution < -0.4 is 0 Å². The summed E-state index contributed by atoms with van der Waals surface area (Å²) in [6, 6.07) is 0. The molecule has 3 heteroatoms. The van der Waals surface area contributed by atoms with Gasteiger partial charge in [0.1, 0.15) is 0 Å². The van der Waals surface area contributed by atoms with Crippen molar-refractivity contribution >= 4 is 6.47 Å². The molecule has 0 rings (SSSR count). The van der Waals surface area contributed by atoms with Crippen molar-refractivity contribution < 1.29 is 15.0 Å². The Morgan fingerprint density at radius 3 is 2.11 bits per heavy atom. The molecule has 0 saturated carbocycles. The van der Waals surface area contributed by atoms with Gasteiger partial charge in [-0.15, -0.1) is 0 Å². The van der Waals surface area contributed by atoms with Crippen LogP contribution >= 0.6 is 0 Å². The molecule has 0 atom stereocenters. The van der Waals surface area contributed by atoms with Gasteiger partial charge in [0.05, 0.1) is 6.61 Å². The molecule has 0 spiro atoms. The van der Waals surface area contributed by atoms with Crippen LogP contribution in [0.25, 0.3) is 0 Å². The minimum absolute atomic E-state index is 0.103. The molecular formula is C6H10O3. The van der Waals surface area contributed by atoms with Gasteiger partial charge in [-0.3, -0.25) is 4.79 Å². The minimum Gasteiger partial charge on any atom is -0.483 e. The van der Waals surface area contributed by atoms with E-state index in [1.165, 1.54) is 0 Å². The molecule has 0 bridgehead atoms. The molecule has 0 aromatic rings. The first kappa shape index (κ1) is 10.8. The summed E-state index contributed by atoms with van der Waals surface area (Å²) in [4.78, 5) is 8.36. The summed E-state index contributed by atoms with van der Waals surface area (Å²) in [6.07, 6.45) is 4.93. The number of carbonyl (C=O) groups is 1. The highest BCUT2D eigenvalue weighted by Gasteiger charge is 1.55. The van der Waals surface area contributed by atoms with Crippen LogP contribution in [0.15, 0.2) is 24.8 Å². The number of rotatable bonds is 2. The molecule has 3 nitrogen and oxygen atoms in total. The van der Waals surface area contributed by atoms with Crippen LogP contribution in [0.2, 0.25) is 0 Å². The highest BCUT2D eigenvalue weighted by atomic mass is 16.3. The van der Waals surface area contributed by atoms with E-state index in [0.717, 1.165) is 0 Å². The molecule has 52 valence electrons. The molecule has 0 fully saturated rings. The quantitative estimate of drug-likeness (QED) is 0.420. The van der Waals surface area contributed by atoms with Gasteiger partial charge >= 0.3 is 0 Å². The molecule has 0 aliphatic carbocycles. The zero-order valence-electron chi connectivity index (χ0n) is 5.03. The van der Waals surface area contributed by atoms with E-state index >= 15 is 0 Å². The predicted octanol–water partition coefficient (Wildman–Crippen LogP) is 0.422. The van der Waals surface area contributed by atoms with Gasteiger partial charge in [-0.05, 0) is 0 Å². The van der Waals surface area contributed by atoms with Gasteiger partial charge in [-0.2, -0.15) is 0 Å². The highest BCUT2D eigenvalue weighted by Crippen LogP contribution is 1.66. The van der Waals surface area contributed by atoms with E-state index in [1.807, 2.05) is 0 Å². The first-order valence-corrected chi connectivity index (χ1v) is 2.29. The van der Waals surface area contributed by atoms with E-state index < -0.39 is 0 Å². The molecule has 2 N–H and O–H groups in total. The third kappa shape index (κ3) is 45.7. The van der Waals surface area contributed by atoms with E-state index in [2.05, 4.69) is 6.58 Å². The molecule has 0 heterocycles. The third-order valence-electron chi connectivity index (χ3n) is 0.378. The first-order chi connectivity index (χ1) is 4.33. The van der Waals surface area contributed by atoms with Gasteiger partial charge in [-0.1, -0.05) is 24.8 Å². The fraction of sp³-hybridized carbons (Fsp3) is 0.167. The zero-order chi connectivity index (χ0) is 7.54. The second-order valence-corrected chi connectivity index (χ2v) is 0.952. The van der Waals surface area contributed by atoms with Gasteiger partial charge in [0, 0.05) is 0 Å². The summed E-state index contributed by atoms with van der Waals surface area (Å²) in [5.74, 6) is 0. The molecule has 0 aliphatic heterocycles. The molecule has 0 aliphatic rings. The topological polar surface area (TPSA) is 57.5 Å². The Morgan fingerprint density at radius 2 is 2.00 bits per heavy atom. The highest BCUT2D eigenvalue weighted by molar-refractivity contribution is 5.32. The maximum absolute atomic E-state index is 8.36. The van der Waals surface area contributed by atoms with Crippen molar-refractivity contribution in [3.05, 3.63) is 24.8 Å². The van der Waals surface area contributed by atoms with E-state index in [9.17, 15) is 0 Å². The average Bonchev–Trinajstić information content (AvgIpc) is 1.86. The summed E-state index contributed by atoms with van der Waals surface area (Å²) in [6.45, 7) is 3.25. The molecule has 0 aromatic carbocycles. The number of hydrogen-bond acceptors (Lipinski definition) is 2. The predicted molar refractivity (Wildman–Crippen MR) is 35.1 cm³/mol. The van der Waals surface area contributed by atoms with Crippen LogP contribution in [0.1, 0.15) is 0 Å². The van der Waals surface area contributed by atoms with E-state index in [0.29, 0.717) is 0 Å². The lowest BCUT2D eigenvalue weighted by Crippen LogP contribution is -1.66. The SMILES string of the molecule is C=CC=CCO.O=CO. The van der Waals surface area contributed by atoms with Gasteiger partial charge in [0.25, 0.3) is 6.47 Å². The molecule has 0 radical (unpaired) electrons. The molecule has 0 saturated heterocycles. The van der Waals surface area contributed by atoms with Crippen molar-refractivity contribution in [2.24, 2.45) is 0 Å². The lowest BCUT2D eigenvalue weighted by molar-refractivity contribution is -0.122. The molecular weight excluding hydrogens is 120 g/mol. The van der Waals surface area contributed by atoms with Crippen molar-refractivity contribution in [3.63, 3.8) is 0 Å². The number of hydrogen-bond donors (Lipinski definition) is 2. The van der Waals surface area contributed by atoms with Gasteiger partial charge in [0.2, 0.25) is 0 Å². The van der Waals surface area contributed by atoms with Crippen LogP contribution in [0.4, 0.5) is 0 Å². The summed E-state index contributed by atoms with van der Waals surface area (Å²) in [7, 11) is 0. The van der Waals surface area contributed by atoms with Crippen molar-refractivity contribution in [2.45, 2.75) is 0 Å². The maximum atomic E-state index is 8.36. The fourth-order valence-corrected chi connectivity index (χ4v) is 0.157. The summed E-state index contributed by atoms with van der Waals surface area (Å²) < 4.78 is 0. The van der Waals surface area contributed by atoms with Crippen molar-refractivity contribution in [3.8, 4) is 0 Å². The van der Waals surface area contributed by atoms with E-state index in [-0.39, 0.29) is 13.1 Å². The zero-order valence-corrected chi connectivity index (χ0v) is 5.03. The Balaban J connectivity index is 0. The van der Waals surface area contributed by atoms with Crippen LogP contribution in [-0.2, 0) is 4.79 Å². The number of aliphatic hydroxyl groups excluding tert-OH is 1. The summed E-state index contributed by atoms with van der Waals surface area (Å²) >= 11 is 0. The Labute approximate surface area is 53.9 Å². The average molecular weight is 130 g/mol. The number of carboxylic acid groups (broad SMARTS) is 1. The largest absolute Gasteiger partial charge is 0.483 e. The molecule has 0 amide bonds. The second-order valence-electron chi connectivity index (χ2n) is 0.952. The van der Waals surface area contributed by atoms with Gasteiger partial charge in [0.15, 0.2) is 0 Å². The lowest BCUT2D eigenvalue weighted by atomic mass is 10.5. The maximum Gasteiger partial charge on any atom is 0.290 e. The molecule has 9 heavy (non-hydrogen) atoms. The monoisotopic (exact) mass is 130 g/mol. The Morgan fingerprint density at radius 1 is 1.56 bits per heavy atom. The molecule has 0 unspecified atom stereocenters. The molecule has 0 aromatic heterocycles.